The van der Waals surface area contributed by atoms with Crippen LogP contribution in [-0.2, 0) is 0 Å². The van der Waals surface area contributed by atoms with E-state index in [9.17, 15) is 5.11 Å². The van der Waals surface area contributed by atoms with Gasteiger partial charge in [0.1, 0.15) is 0 Å². The van der Waals surface area contributed by atoms with Crippen molar-refractivity contribution in [2.75, 3.05) is 19.6 Å². The summed E-state index contributed by atoms with van der Waals surface area (Å²) in [5.41, 5.74) is 5.34. The van der Waals surface area contributed by atoms with Gasteiger partial charge in [-0.05, 0) is 52.1 Å². The molecule has 1 rings (SSSR count). The molecule has 0 spiro atoms. The molecule has 1 aliphatic carbocycles. The van der Waals surface area contributed by atoms with Gasteiger partial charge in [-0.2, -0.15) is 0 Å². The molecule has 1 saturated carbocycles. The quantitative estimate of drug-likeness (QED) is 0.749. The van der Waals surface area contributed by atoms with Gasteiger partial charge in [-0.25, -0.2) is 0 Å². The molecule has 0 bridgehead atoms. The second-order valence-corrected chi connectivity index (χ2v) is 6.04. The van der Waals surface area contributed by atoms with E-state index in [0.717, 1.165) is 26.1 Å². The molecule has 2 unspecified atom stereocenters. The molecular weight excluding hydrogens is 212 g/mol. The average molecular weight is 242 g/mol. The largest absolute Gasteiger partial charge is 0.390 e. The summed E-state index contributed by atoms with van der Waals surface area (Å²) in [7, 11) is 0. The first-order chi connectivity index (χ1) is 7.98. The molecule has 0 aromatic heterocycles. The Kier molecular flexibility index (Phi) is 5.90. The highest BCUT2D eigenvalue weighted by atomic mass is 16.3. The molecule has 0 saturated heterocycles. The van der Waals surface area contributed by atoms with Crippen molar-refractivity contribution in [1.29, 1.82) is 0 Å². The van der Waals surface area contributed by atoms with E-state index in [1.54, 1.807) is 0 Å². The van der Waals surface area contributed by atoms with Crippen LogP contribution in [0, 0.1) is 5.92 Å². The summed E-state index contributed by atoms with van der Waals surface area (Å²) in [4.78, 5) is 2.52. The van der Waals surface area contributed by atoms with Gasteiger partial charge in [-0.15, -0.1) is 0 Å². The summed E-state index contributed by atoms with van der Waals surface area (Å²) in [5, 5.41) is 9.83. The van der Waals surface area contributed by atoms with Gasteiger partial charge in [0.25, 0.3) is 0 Å². The standard InChI is InChI=1S/C14H30N2O/c1-4-16(10-9-14(2,3)17)13-8-6-5-7-12(13)11-15/h12-13,17H,4-11,15H2,1-3H3. The summed E-state index contributed by atoms with van der Waals surface area (Å²) in [6.07, 6.45) is 6.07. The number of aliphatic hydroxyl groups is 1. The minimum absolute atomic E-state index is 0.555. The van der Waals surface area contributed by atoms with Gasteiger partial charge in [-0.3, -0.25) is 0 Å². The number of hydrogen-bond acceptors (Lipinski definition) is 3. The summed E-state index contributed by atoms with van der Waals surface area (Å²) in [5.74, 6) is 0.658. The lowest BCUT2D eigenvalue weighted by Gasteiger charge is -2.40. The molecule has 1 fully saturated rings. The summed E-state index contributed by atoms with van der Waals surface area (Å²) >= 11 is 0. The second kappa shape index (κ2) is 6.72. The second-order valence-electron chi connectivity index (χ2n) is 6.04. The highest BCUT2D eigenvalue weighted by Crippen LogP contribution is 2.28. The van der Waals surface area contributed by atoms with Crippen LogP contribution in [0.15, 0.2) is 0 Å². The molecule has 0 amide bonds. The zero-order valence-corrected chi connectivity index (χ0v) is 11.8. The molecule has 0 aromatic rings. The van der Waals surface area contributed by atoms with E-state index >= 15 is 0 Å². The third-order valence-electron chi connectivity index (χ3n) is 4.06. The molecule has 0 radical (unpaired) electrons. The van der Waals surface area contributed by atoms with Crippen molar-refractivity contribution in [2.45, 2.75) is 64.5 Å². The fourth-order valence-corrected chi connectivity index (χ4v) is 2.92. The van der Waals surface area contributed by atoms with Crippen LogP contribution >= 0.6 is 0 Å². The van der Waals surface area contributed by atoms with Crippen molar-refractivity contribution in [3.63, 3.8) is 0 Å². The van der Waals surface area contributed by atoms with Crippen molar-refractivity contribution in [2.24, 2.45) is 11.7 Å². The van der Waals surface area contributed by atoms with E-state index in [-0.39, 0.29) is 0 Å². The van der Waals surface area contributed by atoms with Crippen molar-refractivity contribution in [1.82, 2.24) is 4.90 Å². The zero-order chi connectivity index (χ0) is 12.9. The lowest BCUT2D eigenvalue weighted by atomic mass is 9.83. The summed E-state index contributed by atoms with van der Waals surface area (Å²) < 4.78 is 0. The van der Waals surface area contributed by atoms with Gasteiger partial charge in [0.05, 0.1) is 5.60 Å². The van der Waals surface area contributed by atoms with Crippen LogP contribution < -0.4 is 5.73 Å². The number of hydrogen-bond donors (Lipinski definition) is 2. The third-order valence-corrected chi connectivity index (χ3v) is 4.06. The van der Waals surface area contributed by atoms with Gasteiger partial charge >= 0.3 is 0 Å². The molecule has 17 heavy (non-hydrogen) atoms. The molecule has 3 N–H and O–H groups in total. The molecule has 2 atom stereocenters. The fourth-order valence-electron chi connectivity index (χ4n) is 2.92. The first kappa shape index (κ1) is 14.9. The average Bonchev–Trinajstić information content (AvgIpc) is 2.29. The lowest BCUT2D eigenvalue weighted by molar-refractivity contribution is 0.0389. The Morgan fingerprint density at radius 2 is 1.94 bits per heavy atom. The van der Waals surface area contributed by atoms with Crippen LogP contribution in [0.2, 0.25) is 0 Å². The van der Waals surface area contributed by atoms with Crippen LogP contribution in [-0.4, -0.2) is 41.3 Å². The van der Waals surface area contributed by atoms with Crippen molar-refractivity contribution in [3.8, 4) is 0 Å². The molecule has 1 aliphatic rings. The predicted octanol–water partition coefficient (Wildman–Crippen LogP) is 1.99. The zero-order valence-electron chi connectivity index (χ0n) is 11.8. The molecule has 0 aliphatic heterocycles. The predicted molar refractivity (Wildman–Crippen MR) is 73.0 cm³/mol. The monoisotopic (exact) mass is 242 g/mol. The van der Waals surface area contributed by atoms with Crippen molar-refractivity contribution in [3.05, 3.63) is 0 Å². The maximum absolute atomic E-state index is 9.83. The van der Waals surface area contributed by atoms with E-state index in [1.807, 2.05) is 13.8 Å². The number of nitrogens with two attached hydrogens (primary N) is 1. The Labute approximate surface area is 106 Å². The van der Waals surface area contributed by atoms with Crippen LogP contribution in [0.3, 0.4) is 0 Å². The maximum atomic E-state index is 9.83. The number of nitrogens with zero attached hydrogens (tertiary/aromatic N) is 1. The lowest BCUT2D eigenvalue weighted by Crippen LogP contribution is -2.46. The summed E-state index contributed by atoms with van der Waals surface area (Å²) in [6.45, 7) is 8.86. The highest BCUT2D eigenvalue weighted by molar-refractivity contribution is 4.84. The molecule has 0 aromatic carbocycles. The van der Waals surface area contributed by atoms with E-state index in [2.05, 4.69) is 11.8 Å². The van der Waals surface area contributed by atoms with Crippen molar-refractivity contribution < 1.29 is 5.11 Å². The molecule has 102 valence electrons. The Balaban J connectivity index is 2.52. The molecule has 3 nitrogen and oxygen atoms in total. The Morgan fingerprint density at radius 1 is 1.29 bits per heavy atom. The number of rotatable bonds is 6. The summed E-state index contributed by atoms with van der Waals surface area (Å²) in [6, 6.07) is 0.640. The fraction of sp³-hybridized carbons (Fsp3) is 1.00. The topological polar surface area (TPSA) is 49.5 Å². The molecular formula is C14H30N2O. The van der Waals surface area contributed by atoms with Crippen LogP contribution in [0.4, 0.5) is 0 Å². The molecule has 3 heteroatoms. The molecule has 0 heterocycles. The van der Waals surface area contributed by atoms with Gasteiger partial charge in [-0.1, -0.05) is 19.8 Å². The first-order valence-corrected chi connectivity index (χ1v) is 7.14. The Bertz CT molecular complexity index is 213. The van der Waals surface area contributed by atoms with E-state index in [1.165, 1.54) is 25.7 Å². The van der Waals surface area contributed by atoms with Gasteiger partial charge < -0.3 is 15.7 Å². The van der Waals surface area contributed by atoms with E-state index in [0.29, 0.717) is 12.0 Å². The SMILES string of the molecule is CCN(CCC(C)(C)O)C1CCCCC1CN. The first-order valence-electron chi connectivity index (χ1n) is 7.14. The third kappa shape index (κ3) is 4.94. The minimum atomic E-state index is -0.555. The van der Waals surface area contributed by atoms with Gasteiger partial charge in [0.15, 0.2) is 0 Å². The highest BCUT2D eigenvalue weighted by Gasteiger charge is 2.29. The minimum Gasteiger partial charge on any atom is -0.390 e. The Hall–Kier alpha value is -0.120. The maximum Gasteiger partial charge on any atom is 0.0603 e. The smallest absolute Gasteiger partial charge is 0.0603 e. The van der Waals surface area contributed by atoms with Gasteiger partial charge in [0.2, 0.25) is 0 Å². The van der Waals surface area contributed by atoms with Crippen molar-refractivity contribution >= 4 is 0 Å². The van der Waals surface area contributed by atoms with Gasteiger partial charge in [0, 0.05) is 12.6 Å². The normalized spacial score (nSPS) is 26.5. The van der Waals surface area contributed by atoms with E-state index in [4.69, 9.17) is 5.73 Å². The van der Waals surface area contributed by atoms with E-state index < -0.39 is 5.60 Å². The van der Waals surface area contributed by atoms with Crippen LogP contribution in [0.5, 0.6) is 0 Å². The van der Waals surface area contributed by atoms with Crippen LogP contribution in [0.1, 0.15) is 52.9 Å². The Morgan fingerprint density at radius 3 is 2.47 bits per heavy atom. The van der Waals surface area contributed by atoms with Crippen LogP contribution in [0.25, 0.3) is 0 Å².